The Hall–Kier alpha value is -0.630. The summed E-state index contributed by atoms with van der Waals surface area (Å²) >= 11 is 0. The van der Waals surface area contributed by atoms with Gasteiger partial charge in [-0.2, -0.15) is 5.26 Å². The lowest BCUT2D eigenvalue weighted by Gasteiger charge is -2.19. The van der Waals surface area contributed by atoms with E-state index >= 15 is 0 Å². The second-order valence-electron chi connectivity index (χ2n) is 5.37. The second kappa shape index (κ2) is 7.65. The molecule has 0 aromatic rings. The molecule has 0 saturated heterocycles. The zero-order valence-electron chi connectivity index (χ0n) is 11.4. The Morgan fingerprint density at radius 1 is 1.24 bits per heavy atom. The number of nitrogens with one attached hydrogen (secondary N) is 1. The quantitative estimate of drug-likeness (QED) is 0.648. The smallest absolute Gasteiger partial charge is 0.0967 e. The van der Waals surface area contributed by atoms with Crippen molar-refractivity contribution in [1.29, 1.82) is 5.26 Å². The number of rotatable bonds is 9. The maximum Gasteiger partial charge on any atom is 0.0967 e. The molecule has 1 atom stereocenters. The molecule has 1 aliphatic rings. The first kappa shape index (κ1) is 14.4. The van der Waals surface area contributed by atoms with Gasteiger partial charge < -0.3 is 9.80 Å². The van der Waals surface area contributed by atoms with Crippen LogP contribution in [0, 0.1) is 11.3 Å². The van der Waals surface area contributed by atoms with Crippen molar-refractivity contribution >= 4 is 0 Å². The molecule has 0 aliphatic heterocycles. The van der Waals surface area contributed by atoms with Crippen LogP contribution in [0.2, 0.25) is 0 Å². The third kappa shape index (κ3) is 7.32. The molecule has 1 unspecified atom stereocenters. The minimum atomic E-state index is 0.0406. The SMILES string of the molecule is CN(C)CCCN(C)CCC(C#N)NC1CC1. The molecule has 0 radical (unpaired) electrons. The first-order valence-electron chi connectivity index (χ1n) is 6.60. The van der Waals surface area contributed by atoms with E-state index in [2.05, 4.69) is 42.3 Å². The van der Waals surface area contributed by atoms with Crippen LogP contribution in [0.3, 0.4) is 0 Å². The summed E-state index contributed by atoms with van der Waals surface area (Å²) in [4.78, 5) is 4.53. The van der Waals surface area contributed by atoms with E-state index < -0.39 is 0 Å². The number of nitriles is 1. The zero-order chi connectivity index (χ0) is 12.7. The minimum Gasteiger partial charge on any atom is -0.309 e. The van der Waals surface area contributed by atoms with Crippen molar-refractivity contribution in [2.24, 2.45) is 0 Å². The van der Waals surface area contributed by atoms with Crippen molar-refractivity contribution in [2.45, 2.75) is 37.8 Å². The topological polar surface area (TPSA) is 42.3 Å². The molecule has 4 nitrogen and oxygen atoms in total. The zero-order valence-corrected chi connectivity index (χ0v) is 11.4. The first-order valence-corrected chi connectivity index (χ1v) is 6.60. The third-order valence-corrected chi connectivity index (χ3v) is 3.11. The molecule has 0 heterocycles. The second-order valence-corrected chi connectivity index (χ2v) is 5.37. The third-order valence-electron chi connectivity index (χ3n) is 3.11. The molecule has 1 fully saturated rings. The van der Waals surface area contributed by atoms with E-state index in [1.807, 2.05) is 0 Å². The van der Waals surface area contributed by atoms with Gasteiger partial charge in [0.25, 0.3) is 0 Å². The Kier molecular flexibility index (Phi) is 6.49. The highest BCUT2D eigenvalue weighted by atomic mass is 15.1. The van der Waals surface area contributed by atoms with Gasteiger partial charge in [-0.05, 0) is 59.9 Å². The highest BCUT2D eigenvalue weighted by Gasteiger charge is 2.24. The summed E-state index contributed by atoms with van der Waals surface area (Å²) in [6, 6.07) is 3.02. The van der Waals surface area contributed by atoms with Crippen LogP contribution in [-0.4, -0.2) is 62.7 Å². The molecule has 1 saturated carbocycles. The maximum absolute atomic E-state index is 9.03. The van der Waals surface area contributed by atoms with Gasteiger partial charge in [0.05, 0.1) is 12.1 Å². The fraction of sp³-hybridized carbons (Fsp3) is 0.923. The predicted molar refractivity (Wildman–Crippen MR) is 70.8 cm³/mol. The summed E-state index contributed by atoms with van der Waals surface area (Å²) in [6.07, 6.45) is 4.62. The van der Waals surface area contributed by atoms with E-state index in [1.54, 1.807) is 0 Å². The van der Waals surface area contributed by atoms with Crippen molar-refractivity contribution in [3.05, 3.63) is 0 Å². The van der Waals surface area contributed by atoms with Crippen molar-refractivity contribution in [1.82, 2.24) is 15.1 Å². The largest absolute Gasteiger partial charge is 0.309 e. The van der Waals surface area contributed by atoms with E-state index in [0.29, 0.717) is 6.04 Å². The van der Waals surface area contributed by atoms with Crippen LogP contribution in [0.1, 0.15) is 25.7 Å². The Morgan fingerprint density at radius 2 is 1.94 bits per heavy atom. The molecule has 1 aliphatic carbocycles. The Morgan fingerprint density at radius 3 is 2.47 bits per heavy atom. The van der Waals surface area contributed by atoms with Gasteiger partial charge in [0, 0.05) is 12.6 Å². The maximum atomic E-state index is 9.03. The van der Waals surface area contributed by atoms with E-state index in [9.17, 15) is 0 Å². The monoisotopic (exact) mass is 238 g/mol. The Balaban J connectivity index is 2.04. The van der Waals surface area contributed by atoms with Gasteiger partial charge in [0.2, 0.25) is 0 Å². The molecule has 1 N–H and O–H groups in total. The van der Waals surface area contributed by atoms with Crippen LogP contribution in [0.5, 0.6) is 0 Å². The van der Waals surface area contributed by atoms with Crippen molar-refractivity contribution in [2.75, 3.05) is 40.8 Å². The first-order chi connectivity index (χ1) is 8.11. The molecular weight excluding hydrogens is 212 g/mol. The molecule has 17 heavy (non-hydrogen) atoms. The van der Waals surface area contributed by atoms with Crippen LogP contribution < -0.4 is 5.32 Å². The molecule has 0 bridgehead atoms. The average Bonchev–Trinajstić information content (AvgIpc) is 3.07. The fourth-order valence-electron chi connectivity index (χ4n) is 1.84. The highest BCUT2D eigenvalue weighted by molar-refractivity contribution is 4.95. The highest BCUT2D eigenvalue weighted by Crippen LogP contribution is 2.19. The molecule has 0 spiro atoms. The van der Waals surface area contributed by atoms with Gasteiger partial charge in [0.1, 0.15) is 0 Å². The summed E-state index contributed by atoms with van der Waals surface area (Å²) in [5, 5.41) is 12.4. The molecule has 0 aromatic carbocycles. The van der Waals surface area contributed by atoms with Crippen molar-refractivity contribution < 1.29 is 0 Å². The summed E-state index contributed by atoms with van der Waals surface area (Å²) in [5.74, 6) is 0. The van der Waals surface area contributed by atoms with Gasteiger partial charge in [-0.3, -0.25) is 5.32 Å². The van der Waals surface area contributed by atoms with Crippen LogP contribution in [-0.2, 0) is 0 Å². The Bertz CT molecular complexity index is 242. The van der Waals surface area contributed by atoms with Gasteiger partial charge in [-0.25, -0.2) is 0 Å². The number of hydrogen-bond acceptors (Lipinski definition) is 4. The van der Waals surface area contributed by atoms with Crippen LogP contribution in [0.15, 0.2) is 0 Å². The molecule has 98 valence electrons. The van der Waals surface area contributed by atoms with Crippen LogP contribution >= 0.6 is 0 Å². The van der Waals surface area contributed by atoms with Crippen LogP contribution in [0.25, 0.3) is 0 Å². The predicted octanol–water partition coefficient (Wildman–Crippen LogP) is 0.904. The lowest BCUT2D eigenvalue weighted by Crippen LogP contribution is -2.34. The van der Waals surface area contributed by atoms with E-state index in [4.69, 9.17) is 5.26 Å². The molecule has 0 amide bonds. The number of hydrogen-bond donors (Lipinski definition) is 1. The summed E-state index contributed by atoms with van der Waals surface area (Å²) in [5.41, 5.74) is 0. The normalized spacial score (nSPS) is 17.4. The molecule has 4 heteroatoms. The molecular formula is C13H26N4. The van der Waals surface area contributed by atoms with Gasteiger partial charge >= 0.3 is 0 Å². The van der Waals surface area contributed by atoms with Crippen LogP contribution in [0.4, 0.5) is 0 Å². The fourth-order valence-corrected chi connectivity index (χ4v) is 1.84. The summed E-state index contributed by atoms with van der Waals surface area (Å²) in [7, 11) is 6.34. The Labute approximate surface area is 106 Å². The molecule has 1 rings (SSSR count). The van der Waals surface area contributed by atoms with Crippen molar-refractivity contribution in [3.63, 3.8) is 0 Å². The average molecular weight is 238 g/mol. The van der Waals surface area contributed by atoms with Gasteiger partial charge in [-0.1, -0.05) is 0 Å². The lowest BCUT2D eigenvalue weighted by molar-refractivity contribution is 0.290. The van der Waals surface area contributed by atoms with E-state index in [1.165, 1.54) is 19.3 Å². The van der Waals surface area contributed by atoms with Gasteiger partial charge in [-0.15, -0.1) is 0 Å². The van der Waals surface area contributed by atoms with Crippen molar-refractivity contribution in [3.8, 4) is 6.07 Å². The van der Waals surface area contributed by atoms with E-state index in [0.717, 1.165) is 26.1 Å². The number of nitrogens with zero attached hydrogens (tertiary/aromatic N) is 3. The van der Waals surface area contributed by atoms with E-state index in [-0.39, 0.29) is 6.04 Å². The summed E-state index contributed by atoms with van der Waals surface area (Å²) in [6.45, 7) is 3.25. The lowest BCUT2D eigenvalue weighted by atomic mass is 10.2. The van der Waals surface area contributed by atoms with Gasteiger partial charge in [0.15, 0.2) is 0 Å². The molecule has 0 aromatic heterocycles. The summed E-state index contributed by atoms with van der Waals surface area (Å²) < 4.78 is 0. The minimum absolute atomic E-state index is 0.0406. The standard InChI is InChI=1S/C13H26N4/c1-16(2)8-4-9-17(3)10-7-13(11-14)15-12-5-6-12/h12-13,15H,4-10H2,1-3H3.